The van der Waals surface area contributed by atoms with E-state index >= 15 is 0 Å². The summed E-state index contributed by atoms with van der Waals surface area (Å²) in [6.45, 7) is 2.41. The van der Waals surface area contributed by atoms with Crippen LogP contribution in [0.5, 0.6) is 0 Å². The average molecular weight is 282 g/mol. The molecule has 0 aromatic carbocycles. The molecule has 0 saturated heterocycles. The summed E-state index contributed by atoms with van der Waals surface area (Å²) < 4.78 is 1.69. The molecular weight excluding hydrogens is 260 g/mol. The first-order valence-electron chi connectivity index (χ1n) is 7.00. The van der Waals surface area contributed by atoms with Crippen LogP contribution in [0.15, 0.2) is 10.2 Å². The number of nitrogens with zero attached hydrogens (tertiary/aromatic N) is 2. The highest BCUT2D eigenvalue weighted by molar-refractivity contribution is 7.07. The summed E-state index contributed by atoms with van der Waals surface area (Å²) in [5, 5.41) is 1.84. The van der Waals surface area contributed by atoms with Gasteiger partial charge in [-0.2, -0.15) is 0 Å². The number of hydrogen-bond acceptors (Lipinski definition) is 3. The van der Waals surface area contributed by atoms with Gasteiger partial charge in [0.2, 0.25) is 5.91 Å². The van der Waals surface area contributed by atoms with Crippen LogP contribution in [0.4, 0.5) is 0 Å². The van der Waals surface area contributed by atoms with Crippen molar-refractivity contribution in [2.75, 3.05) is 7.05 Å². The molecule has 19 heavy (non-hydrogen) atoms. The SMILES string of the molecule is Cc1csc(=O)n1CCC(=O)N(C)C1CCCCC1. The maximum absolute atomic E-state index is 12.2. The van der Waals surface area contributed by atoms with Gasteiger partial charge in [0.05, 0.1) is 0 Å². The minimum Gasteiger partial charge on any atom is -0.343 e. The average Bonchev–Trinajstić information content (AvgIpc) is 2.75. The molecule has 4 nitrogen and oxygen atoms in total. The minimum atomic E-state index is 0.0330. The van der Waals surface area contributed by atoms with Crippen LogP contribution in [0.2, 0.25) is 0 Å². The van der Waals surface area contributed by atoms with Gasteiger partial charge in [-0.3, -0.25) is 9.59 Å². The Labute approximate surface area is 118 Å². The van der Waals surface area contributed by atoms with Crippen molar-refractivity contribution in [1.82, 2.24) is 9.47 Å². The molecule has 0 bridgehead atoms. The summed E-state index contributed by atoms with van der Waals surface area (Å²) in [5.74, 6) is 0.157. The Morgan fingerprint density at radius 1 is 1.42 bits per heavy atom. The minimum absolute atomic E-state index is 0.0330. The van der Waals surface area contributed by atoms with Gasteiger partial charge in [0, 0.05) is 37.1 Å². The number of carbonyl (C=O) groups excluding carboxylic acids is 1. The third-order valence-corrected chi connectivity index (χ3v) is 4.92. The molecule has 0 N–H and O–H groups in total. The molecule has 1 amide bonds. The lowest BCUT2D eigenvalue weighted by molar-refractivity contribution is -0.132. The summed E-state index contributed by atoms with van der Waals surface area (Å²) in [7, 11) is 1.90. The topological polar surface area (TPSA) is 42.3 Å². The van der Waals surface area contributed by atoms with Crippen LogP contribution in [-0.4, -0.2) is 28.5 Å². The Balaban J connectivity index is 1.88. The molecule has 1 heterocycles. The van der Waals surface area contributed by atoms with Crippen molar-refractivity contribution in [3.05, 3.63) is 20.7 Å². The van der Waals surface area contributed by atoms with E-state index in [1.54, 1.807) is 4.57 Å². The van der Waals surface area contributed by atoms with Crippen LogP contribution in [-0.2, 0) is 11.3 Å². The lowest BCUT2D eigenvalue weighted by Gasteiger charge is -2.31. The summed E-state index contributed by atoms with van der Waals surface area (Å²) in [4.78, 5) is 25.7. The molecule has 0 radical (unpaired) electrons. The van der Waals surface area contributed by atoms with Crippen LogP contribution in [0.3, 0.4) is 0 Å². The van der Waals surface area contributed by atoms with E-state index in [2.05, 4.69) is 0 Å². The predicted octanol–water partition coefficient (Wildman–Crippen LogP) is 2.40. The quantitative estimate of drug-likeness (QED) is 0.851. The largest absolute Gasteiger partial charge is 0.343 e. The molecule has 0 atom stereocenters. The number of thiazole rings is 1. The molecule has 1 aliphatic rings. The van der Waals surface area contributed by atoms with E-state index in [1.807, 2.05) is 24.3 Å². The molecule has 106 valence electrons. The maximum atomic E-state index is 12.2. The maximum Gasteiger partial charge on any atom is 0.307 e. The second-order valence-electron chi connectivity index (χ2n) is 5.34. The van der Waals surface area contributed by atoms with Crippen molar-refractivity contribution in [2.24, 2.45) is 0 Å². The van der Waals surface area contributed by atoms with Crippen LogP contribution in [0, 0.1) is 6.92 Å². The Hall–Kier alpha value is -1.10. The van der Waals surface area contributed by atoms with E-state index in [4.69, 9.17) is 0 Å². The van der Waals surface area contributed by atoms with Gasteiger partial charge in [-0.1, -0.05) is 30.6 Å². The van der Waals surface area contributed by atoms with Gasteiger partial charge < -0.3 is 9.47 Å². The van der Waals surface area contributed by atoms with Gasteiger partial charge in [0.15, 0.2) is 0 Å². The summed E-state index contributed by atoms with van der Waals surface area (Å²) in [6, 6.07) is 0.404. The second-order valence-corrected chi connectivity index (χ2v) is 6.16. The van der Waals surface area contributed by atoms with E-state index in [-0.39, 0.29) is 10.8 Å². The van der Waals surface area contributed by atoms with E-state index in [9.17, 15) is 9.59 Å². The van der Waals surface area contributed by atoms with E-state index in [0.29, 0.717) is 19.0 Å². The van der Waals surface area contributed by atoms with Crippen LogP contribution in [0.1, 0.15) is 44.2 Å². The van der Waals surface area contributed by atoms with Crippen LogP contribution < -0.4 is 4.87 Å². The van der Waals surface area contributed by atoms with Gasteiger partial charge in [0.25, 0.3) is 0 Å². The Morgan fingerprint density at radius 3 is 2.68 bits per heavy atom. The van der Waals surface area contributed by atoms with Crippen molar-refractivity contribution in [3.8, 4) is 0 Å². The van der Waals surface area contributed by atoms with Crippen molar-refractivity contribution in [1.29, 1.82) is 0 Å². The summed E-state index contributed by atoms with van der Waals surface area (Å²) in [6.07, 6.45) is 6.42. The fourth-order valence-corrected chi connectivity index (χ4v) is 3.49. The molecule has 1 saturated carbocycles. The molecule has 2 rings (SSSR count). The second kappa shape index (κ2) is 6.37. The predicted molar refractivity (Wildman–Crippen MR) is 77.6 cm³/mol. The zero-order chi connectivity index (χ0) is 13.8. The van der Waals surface area contributed by atoms with Gasteiger partial charge >= 0.3 is 4.87 Å². The van der Waals surface area contributed by atoms with Crippen molar-refractivity contribution >= 4 is 17.2 Å². The number of carbonyl (C=O) groups is 1. The molecule has 0 spiro atoms. The Kier molecular flexibility index (Phi) is 4.80. The van der Waals surface area contributed by atoms with Gasteiger partial charge in [-0.05, 0) is 19.8 Å². The molecule has 1 aliphatic carbocycles. The fourth-order valence-electron chi connectivity index (χ4n) is 2.73. The highest BCUT2D eigenvalue weighted by atomic mass is 32.1. The molecule has 1 fully saturated rings. The normalized spacial score (nSPS) is 16.5. The van der Waals surface area contributed by atoms with Gasteiger partial charge in [-0.15, -0.1) is 0 Å². The number of amides is 1. The standard InChI is InChI=1S/C14H22N2O2S/c1-11-10-19-14(18)16(11)9-8-13(17)15(2)12-6-4-3-5-7-12/h10,12H,3-9H2,1-2H3. The fraction of sp³-hybridized carbons (Fsp3) is 0.714. The number of aryl methyl sites for hydroxylation is 1. The molecule has 0 aliphatic heterocycles. The molecule has 1 aromatic heterocycles. The molecule has 1 aromatic rings. The highest BCUT2D eigenvalue weighted by Gasteiger charge is 2.21. The number of rotatable bonds is 4. The van der Waals surface area contributed by atoms with Gasteiger partial charge in [0.1, 0.15) is 0 Å². The molecule has 5 heteroatoms. The number of aromatic nitrogens is 1. The first-order chi connectivity index (χ1) is 9.09. The Morgan fingerprint density at radius 2 is 2.11 bits per heavy atom. The van der Waals surface area contributed by atoms with Gasteiger partial charge in [-0.25, -0.2) is 0 Å². The summed E-state index contributed by atoms with van der Waals surface area (Å²) in [5.41, 5.74) is 0.947. The lowest BCUT2D eigenvalue weighted by Crippen LogP contribution is -2.38. The first-order valence-corrected chi connectivity index (χ1v) is 7.88. The molecular formula is C14H22N2O2S. The van der Waals surface area contributed by atoms with E-state index in [0.717, 1.165) is 18.5 Å². The smallest absolute Gasteiger partial charge is 0.307 e. The van der Waals surface area contributed by atoms with E-state index < -0.39 is 0 Å². The molecule has 0 unspecified atom stereocenters. The monoisotopic (exact) mass is 282 g/mol. The zero-order valence-corrected chi connectivity index (χ0v) is 12.5. The third kappa shape index (κ3) is 3.47. The van der Waals surface area contributed by atoms with Crippen molar-refractivity contribution in [2.45, 2.75) is 58.0 Å². The number of hydrogen-bond donors (Lipinski definition) is 0. The highest BCUT2D eigenvalue weighted by Crippen LogP contribution is 2.22. The third-order valence-electron chi connectivity index (χ3n) is 4.04. The zero-order valence-electron chi connectivity index (χ0n) is 11.7. The first kappa shape index (κ1) is 14.3. The Bertz CT molecular complexity index is 486. The lowest BCUT2D eigenvalue weighted by atomic mass is 9.94. The van der Waals surface area contributed by atoms with Crippen molar-refractivity contribution < 1.29 is 4.79 Å². The summed E-state index contributed by atoms with van der Waals surface area (Å²) >= 11 is 1.20. The van der Waals surface area contributed by atoms with Crippen molar-refractivity contribution in [3.63, 3.8) is 0 Å². The van der Waals surface area contributed by atoms with E-state index in [1.165, 1.54) is 30.6 Å². The van der Waals surface area contributed by atoms with Crippen LogP contribution >= 0.6 is 11.3 Å². The van der Waals surface area contributed by atoms with Crippen LogP contribution in [0.25, 0.3) is 0 Å².